The average Bonchev–Trinajstić information content (AvgIpc) is 3.38. The van der Waals surface area contributed by atoms with Gasteiger partial charge in [0.05, 0.1) is 0 Å². The molecule has 0 bridgehead atoms. The zero-order valence-corrected chi connectivity index (χ0v) is 27.4. The molecular weight excluding hydrogens is 577 g/mol. The van der Waals surface area contributed by atoms with Crippen LogP contribution in [-0.2, 0) is 11.8 Å². The lowest BCUT2D eigenvalue weighted by atomic mass is 9.82. The van der Waals surface area contributed by atoms with E-state index in [9.17, 15) is 0 Å². The van der Waals surface area contributed by atoms with Gasteiger partial charge in [-0.15, -0.1) is 0 Å². The Morgan fingerprint density at radius 3 is 2.02 bits per heavy atom. The third-order valence-corrected chi connectivity index (χ3v) is 10.5. The van der Waals surface area contributed by atoms with E-state index in [-0.39, 0.29) is 5.41 Å². The van der Waals surface area contributed by atoms with Gasteiger partial charge >= 0.3 is 0 Å². The SMILES string of the molecule is CC1(C)c2ccccc2-c2c(-c3cccc(C/C=C/c4c5ccccc5c(-c5ccccc5)c5c4ccc4ccccc45)c3)cccc21. The quantitative estimate of drug-likeness (QED) is 0.134. The zero-order chi connectivity index (χ0) is 32.2. The summed E-state index contributed by atoms with van der Waals surface area (Å²) in [6, 6.07) is 58.1. The lowest BCUT2D eigenvalue weighted by Gasteiger charge is -2.21. The predicted molar refractivity (Wildman–Crippen MR) is 207 cm³/mol. The fraction of sp³-hybridized carbons (Fsp3) is 0.0833. The Morgan fingerprint density at radius 2 is 1.15 bits per heavy atom. The second kappa shape index (κ2) is 11.2. The molecule has 0 spiro atoms. The molecule has 0 saturated carbocycles. The van der Waals surface area contributed by atoms with Gasteiger partial charge in [0.2, 0.25) is 0 Å². The highest BCUT2D eigenvalue weighted by molar-refractivity contribution is 6.25. The van der Waals surface area contributed by atoms with Gasteiger partial charge in [-0.05, 0) is 94.4 Å². The van der Waals surface area contributed by atoms with Crippen LogP contribution in [0.25, 0.3) is 71.8 Å². The van der Waals surface area contributed by atoms with Crippen molar-refractivity contribution in [1.29, 1.82) is 0 Å². The molecule has 0 aliphatic heterocycles. The second-order valence-corrected chi connectivity index (χ2v) is 13.6. The maximum absolute atomic E-state index is 2.39. The zero-order valence-electron chi connectivity index (χ0n) is 27.4. The summed E-state index contributed by atoms with van der Waals surface area (Å²) < 4.78 is 0. The first kappa shape index (κ1) is 28.5. The van der Waals surface area contributed by atoms with E-state index in [2.05, 4.69) is 184 Å². The smallest absolute Gasteiger partial charge is 0.0159 e. The summed E-state index contributed by atoms with van der Waals surface area (Å²) in [6.45, 7) is 4.70. The summed E-state index contributed by atoms with van der Waals surface area (Å²) in [5.41, 5.74) is 13.3. The van der Waals surface area contributed by atoms with Crippen molar-refractivity contribution in [1.82, 2.24) is 0 Å². The van der Waals surface area contributed by atoms with Gasteiger partial charge < -0.3 is 0 Å². The highest BCUT2D eigenvalue weighted by Crippen LogP contribution is 2.52. The molecule has 228 valence electrons. The molecule has 0 fully saturated rings. The Bertz CT molecular complexity index is 2550. The molecular formula is C48H36. The minimum Gasteiger partial charge on any atom is -0.0795 e. The van der Waals surface area contributed by atoms with Crippen LogP contribution in [0.15, 0.2) is 164 Å². The molecule has 0 N–H and O–H groups in total. The third kappa shape index (κ3) is 4.44. The van der Waals surface area contributed by atoms with Crippen molar-refractivity contribution in [3.8, 4) is 33.4 Å². The van der Waals surface area contributed by atoms with Crippen molar-refractivity contribution in [2.24, 2.45) is 0 Å². The van der Waals surface area contributed by atoms with Crippen molar-refractivity contribution in [3.05, 3.63) is 186 Å². The summed E-state index contributed by atoms with van der Waals surface area (Å²) >= 11 is 0. The average molecular weight is 613 g/mol. The normalized spacial score (nSPS) is 13.4. The maximum Gasteiger partial charge on any atom is 0.0159 e. The van der Waals surface area contributed by atoms with Gasteiger partial charge in [0, 0.05) is 5.41 Å². The number of benzene rings is 8. The number of hydrogen-bond donors (Lipinski definition) is 0. The molecule has 0 saturated heterocycles. The van der Waals surface area contributed by atoms with Crippen LogP contribution in [0.5, 0.6) is 0 Å². The lowest BCUT2D eigenvalue weighted by Crippen LogP contribution is -2.14. The van der Waals surface area contributed by atoms with Crippen LogP contribution in [-0.4, -0.2) is 0 Å². The maximum atomic E-state index is 2.39. The van der Waals surface area contributed by atoms with Crippen molar-refractivity contribution in [3.63, 3.8) is 0 Å². The van der Waals surface area contributed by atoms with Crippen molar-refractivity contribution in [2.75, 3.05) is 0 Å². The van der Waals surface area contributed by atoms with E-state index in [1.54, 1.807) is 0 Å². The molecule has 0 radical (unpaired) electrons. The molecule has 0 heteroatoms. The Morgan fingerprint density at radius 1 is 0.479 bits per heavy atom. The van der Waals surface area contributed by atoms with Crippen LogP contribution in [0.4, 0.5) is 0 Å². The minimum atomic E-state index is -0.00474. The number of fused-ring (bicyclic) bond motifs is 7. The molecule has 8 aromatic carbocycles. The number of hydrogen-bond acceptors (Lipinski definition) is 0. The topological polar surface area (TPSA) is 0 Å². The molecule has 0 aromatic heterocycles. The van der Waals surface area contributed by atoms with E-state index in [0.717, 1.165) is 6.42 Å². The number of allylic oxidation sites excluding steroid dienone is 1. The molecule has 8 aromatic rings. The van der Waals surface area contributed by atoms with Crippen LogP contribution in [0, 0.1) is 0 Å². The van der Waals surface area contributed by atoms with Gasteiger partial charge in [0.15, 0.2) is 0 Å². The Balaban J connectivity index is 1.16. The van der Waals surface area contributed by atoms with E-state index < -0.39 is 0 Å². The van der Waals surface area contributed by atoms with Gasteiger partial charge in [0.1, 0.15) is 0 Å². The molecule has 0 nitrogen and oxygen atoms in total. The molecule has 0 unspecified atom stereocenters. The van der Waals surface area contributed by atoms with E-state index in [1.165, 1.54) is 88.0 Å². The molecule has 1 aliphatic carbocycles. The second-order valence-electron chi connectivity index (χ2n) is 13.6. The predicted octanol–water partition coefficient (Wildman–Crippen LogP) is 13.0. The van der Waals surface area contributed by atoms with Crippen molar-refractivity contribution >= 4 is 38.4 Å². The van der Waals surface area contributed by atoms with E-state index in [0.29, 0.717) is 0 Å². The molecule has 9 rings (SSSR count). The molecule has 0 heterocycles. The lowest BCUT2D eigenvalue weighted by molar-refractivity contribution is 0.660. The Hall–Kier alpha value is -5.72. The fourth-order valence-corrected chi connectivity index (χ4v) is 8.24. The van der Waals surface area contributed by atoms with Gasteiger partial charge in [-0.1, -0.05) is 184 Å². The number of rotatable bonds is 5. The van der Waals surface area contributed by atoms with E-state index in [1.807, 2.05) is 0 Å². The summed E-state index contributed by atoms with van der Waals surface area (Å²) in [5, 5.41) is 7.74. The monoisotopic (exact) mass is 612 g/mol. The highest BCUT2D eigenvalue weighted by atomic mass is 14.4. The molecule has 48 heavy (non-hydrogen) atoms. The van der Waals surface area contributed by atoms with Crippen LogP contribution in [0.3, 0.4) is 0 Å². The van der Waals surface area contributed by atoms with Crippen LogP contribution in [0.1, 0.15) is 36.1 Å². The summed E-state index contributed by atoms with van der Waals surface area (Å²) in [5.74, 6) is 0. The molecule has 0 atom stereocenters. The van der Waals surface area contributed by atoms with Crippen LogP contribution in [0.2, 0.25) is 0 Å². The van der Waals surface area contributed by atoms with Gasteiger partial charge in [-0.25, -0.2) is 0 Å². The first-order valence-electron chi connectivity index (χ1n) is 17.0. The summed E-state index contributed by atoms with van der Waals surface area (Å²) in [4.78, 5) is 0. The Labute approximate surface area is 282 Å². The van der Waals surface area contributed by atoms with Crippen molar-refractivity contribution in [2.45, 2.75) is 25.7 Å². The van der Waals surface area contributed by atoms with E-state index in [4.69, 9.17) is 0 Å². The molecule has 1 aliphatic rings. The van der Waals surface area contributed by atoms with Gasteiger partial charge in [-0.3, -0.25) is 0 Å². The van der Waals surface area contributed by atoms with E-state index >= 15 is 0 Å². The van der Waals surface area contributed by atoms with Crippen molar-refractivity contribution < 1.29 is 0 Å². The highest BCUT2D eigenvalue weighted by Gasteiger charge is 2.36. The standard InChI is InChI=1S/C48H36/c1-48(2)43-27-11-10-24-42(43)46-37(25-14-28-44(46)48)35-20-12-15-32(31-35)16-13-26-39-38-22-8-9-23-40(38)45(34-18-4-3-5-19-34)47-36-21-7-6-17-33(36)29-30-41(39)47/h3-15,17-31H,16H2,1-2H3/b26-13+. The minimum absolute atomic E-state index is 0.00474. The van der Waals surface area contributed by atoms with Crippen LogP contribution >= 0.6 is 0 Å². The largest absolute Gasteiger partial charge is 0.0795 e. The fourth-order valence-electron chi connectivity index (χ4n) is 8.24. The third-order valence-electron chi connectivity index (χ3n) is 10.5. The molecule has 0 amide bonds. The first-order chi connectivity index (χ1) is 23.6. The Kier molecular flexibility index (Phi) is 6.66. The summed E-state index contributed by atoms with van der Waals surface area (Å²) in [7, 11) is 0. The first-order valence-corrected chi connectivity index (χ1v) is 17.0. The van der Waals surface area contributed by atoms with Gasteiger partial charge in [0.25, 0.3) is 0 Å². The summed E-state index contributed by atoms with van der Waals surface area (Å²) in [6.07, 6.45) is 5.57. The van der Waals surface area contributed by atoms with Gasteiger partial charge in [-0.2, -0.15) is 0 Å². The van der Waals surface area contributed by atoms with Crippen LogP contribution < -0.4 is 0 Å².